The Hall–Kier alpha value is -2.84. The number of alkyl halides is 3. The quantitative estimate of drug-likeness (QED) is 0.481. The summed E-state index contributed by atoms with van der Waals surface area (Å²) in [5.74, 6) is -0.474. The fourth-order valence-corrected chi connectivity index (χ4v) is 6.10. The molecule has 190 valence electrons. The Labute approximate surface area is 213 Å². The summed E-state index contributed by atoms with van der Waals surface area (Å²) in [4.78, 5) is 19.1. The lowest BCUT2D eigenvalue weighted by atomic mass is 9.82. The first kappa shape index (κ1) is 24.8. The van der Waals surface area contributed by atoms with E-state index in [-0.39, 0.29) is 11.9 Å². The van der Waals surface area contributed by atoms with Crippen molar-refractivity contribution in [1.82, 2.24) is 10.2 Å². The van der Waals surface area contributed by atoms with E-state index in [0.29, 0.717) is 25.1 Å². The monoisotopic (exact) mass is 513 g/mol. The van der Waals surface area contributed by atoms with Crippen LogP contribution in [0.5, 0.6) is 0 Å². The van der Waals surface area contributed by atoms with E-state index in [1.807, 2.05) is 35.7 Å². The number of anilines is 1. The van der Waals surface area contributed by atoms with Crippen LogP contribution in [0.1, 0.15) is 21.6 Å². The van der Waals surface area contributed by atoms with Gasteiger partial charge in [0.05, 0.1) is 17.5 Å². The molecule has 0 saturated carbocycles. The first-order chi connectivity index (χ1) is 17.4. The van der Waals surface area contributed by atoms with Crippen LogP contribution in [0.15, 0.2) is 66.0 Å². The Bertz CT molecular complexity index is 1170. The van der Waals surface area contributed by atoms with E-state index in [9.17, 15) is 18.0 Å². The number of hydrogen-bond donors (Lipinski definition) is 1. The van der Waals surface area contributed by atoms with Gasteiger partial charge in [0.2, 0.25) is 5.91 Å². The Morgan fingerprint density at radius 3 is 2.61 bits per heavy atom. The highest BCUT2D eigenvalue weighted by molar-refractivity contribution is 7.09. The highest BCUT2D eigenvalue weighted by Crippen LogP contribution is 2.39. The van der Waals surface area contributed by atoms with Gasteiger partial charge in [0.1, 0.15) is 0 Å². The standard InChI is InChI=1S/C28H30F3N3OS/c29-28(30,31)22-8-9-25-21(17-22)18-24(27(35)32-12-10-23-7-4-16-36-23)26-19-33(14-15-34(25)26)13-11-20-5-2-1-3-6-20/h1-9,16-17,24,26H,10-15,18-19H2,(H,32,35)/t24-,26-/m1/s1. The molecule has 0 unspecified atom stereocenters. The molecule has 2 aliphatic rings. The summed E-state index contributed by atoms with van der Waals surface area (Å²) in [6.07, 6.45) is -2.41. The highest BCUT2D eigenvalue weighted by atomic mass is 32.1. The van der Waals surface area contributed by atoms with E-state index in [4.69, 9.17) is 0 Å². The maximum Gasteiger partial charge on any atom is 0.416 e. The number of rotatable bonds is 7. The number of thiophene rings is 1. The summed E-state index contributed by atoms with van der Waals surface area (Å²) in [6, 6.07) is 18.3. The second-order valence-electron chi connectivity index (χ2n) is 9.57. The number of nitrogens with one attached hydrogen (secondary N) is 1. The van der Waals surface area contributed by atoms with Crippen molar-refractivity contribution in [2.45, 2.75) is 31.5 Å². The van der Waals surface area contributed by atoms with Gasteiger partial charge in [0.15, 0.2) is 0 Å². The number of benzene rings is 2. The lowest BCUT2D eigenvalue weighted by Gasteiger charge is -2.49. The van der Waals surface area contributed by atoms with E-state index in [0.717, 1.165) is 38.2 Å². The van der Waals surface area contributed by atoms with E-state index in [1.54, 1.807) is 17.4 Å². The van der Waals surface area contributed by atoms with Crippen LogP contribution in [0.3, 0.4) is 0 Å². The van der Waals surface area contributed by atoms with Crippen molar-refractivity contribution in [3.63, 3.8) is 0 Å². The van der Waals surface area contributed by atoms with Crippen LogP contribution in [0.4, 0.5) is 18.9 Å². The van der Waals surface area contributed by atoms with Crippen molar-refractivity contribution >= 4 is 22.9 Å². The Kier molecular flexibility index (Phi) is 7.34. The molecule has 3 heterocycles. The molecule has 2 aromatic carbocycles. The molecule has 1 N–H and O–H groups in total. The van der Waals surface area contributed by atoms with Crippen molar-refractivity contribution in [3.05, 3.63) is 87.6 Å². The number of piperazine rings is 1. The van der Waals surface area contributed by atoms with E-state index >= 15 is 0 Å². The molecule has 36 heavy (non-hydrogen) atoms. The minimum atomic E-state index is -4.40. The summed E-state index contributed by atoms with van der Waals surface area (Å²) in [6.45, 7) is 3.64. The smallest absolute Gasteiger partial charge is 0.365 e. The molecule has 1 amide bonds. The van der Waals surface area contributed by atoms with Crippen LogP contribution in [-0.4, -0.2) is 49.6 Å². The highest BCUT2D eigenvalue weighted by Gasteiger charge is 2.42. The van der Waals surface area contributed by atoms with E-state index in [1.165, 1.54) is 22.6 Å². The van der Waals surface area contributed by atoms with Crippen LogP contribution in [-0.2, 0) is 30.2 Å². The zero-order valence-electron chi connectivity index (χ0n) is 20.0. The molecule has 8 heteroatoms. The first-order valence-corrected chi connectivity index (χ1v) is 13.3. The van der Waals surface area contributed by atoms with Gasteiger partial charge in [-0.05, 0) is 60.0 Å². The zero-order valence-corrected chi connectivity index (χ0v) is 20.8. The third-order valence-electron chi connectivity index (χ3n) is 7.27. The maximum absolute atomic E-state index is 13.4. The van der Waals surface area contributed by atoms with Gasteiger partial charge < -0.3 is 10.2 Å². The molecule has 3 aromatic rings. The van der Waals surface area contributed by atoms with Crippen LogP contribution in [0, 0.1) is 5.92 Å². The molecule has 0 radical (unpaired) electrons. The van der Waals surface area contributed by atoms with Crippen LogP contribution in [0.25, 0.3) is 0 Å². The van der Waals surface area contributed by atoms with Gasteiger partial charge in [-0.25, -0.2) is 0 Å². The van der Waals surface area contributed by atoms with Crippen molar-refractivity contribution in [2.24, 2.45) is 5.92 Å². The van der Waals surface area contributed by atoms with Gasteiger partial charge in [0.25, 0.3) is 0 Å². The zero-order chi connectivity index (χ0) is 25.1. The number of carbonyl (C=O) groups excluding carboxylic acids is 1. The molecule has 1 aromatic heterocycles. The van der Waals surface area contributed by atoms with E-state index < -0.39 is 17.7 Å². The molecule has 0 bridgehead atoms. The normalized spacial score (nSPS) is 20.0. The van der Waals surface area contributed by atoms with Crippen LogP contribution >= 0.6 is 11.3 Å². The molecular weight excluding hydrogens is 483 g/mol. The molecule has 2 aliphatic heterocycles. The number of halogens is 3. The van der Waals surface area contributed by atoms with Gasteiger partial charge in [0, 0.05) is 43.3 Å². The summed E-state index contributed by atoms with van der Waals surface area (Å²) in [5.41, 5.74) is 2.06. The first-order valence-electron chi connectivity index (χ1n) is 12.4. The van der Waals surface area contributed by atoms with E-state index in [2.05, 4.69) is 27.2 Å². The largest absolute Gasteiger partial charge is 0.416 e. The SMILES string of the molecule is O=C(NCCc1cccs1)[C@@H]1Cc2cc(C(F)(F)F)ccc2N2CCN(CCc3ccccc3)C[C@H]12. The van der Waals surface area contributed by atoms with Crippen molar-refractivity contribution in [2.75, 3.05) is 37.6 Å². The second kappa shape index (κ2) is 10.6. The summed E-state index contributed by atoms with van der Waals surface area (Å²) in [7, 11) is 0. The topological polar surface area (TPSA) is 35.6 Å². The Balaban J connectivity index is 1.33. The van der Waals surface area contributed by atoms with Crippen molar-refractivity contribution < 1.29 is 18.0 Å². The van der Waals surface area contributed by atoms with Gasteiger partial charge in [-0.3, -0.25) is 9.69 Å². The number of fused-ring (bicyclic) bond motifs is 3. The average Bonchev–Trinajstić information content (AvgIpc) is 3.40. The van der Waals surface area contributed by atoms with Gasteiger partial charge in [-0.2, -0.15) is 13.2 Å². The predicted octanol–water partition coefficient (Wildman–Crippen LogP) is 5.03. The number of carbonyl (C=O) groups is 1. The van der Waals surface area contributed by atoms with Gasteiger partial charge in [-0.15, -0.1) is 11.3 Å². The predicted molar refractivity (Wildman–Crippen MR) is 137 cm³/mol. The maximum atomic E-state index is 13.4. The minimum Gasteiger partial charge on any atom is -0.365 e. The summed E-state index contributed by atoms with van der Waals surface area (Å²) < 4.78 is 40.3. The van der Waals surface area contributed by atoms with Crippen LogP contribution < -0.4 is 10.2 Å². The molecule has 2 atom stereocenters. The Morgan fingerprint density at radius 1 is 1.03 bits per heavy atom. The molecular formula is C28H30F3N3OS. The van der Waals surface area contributed by atoms with Crippen molar-refractivity contribution in [3.8, 4) is 0 Å². The lowest BCUT2D eigenvalue weighted by molar-refractivity contribution is -0.137. The fourth-order valence-electron chi connectivity index (χ4n) is 5.39. The molecule has 5 rings (SSSR count). The molecule has 0 aliphatic carbocycles. The van der Waals surface area contributed by atoms with Crippen molar-refractivity contribution in [1.29, 1.82) is 0 Å². The second-order valence-corrected chi connectivity index (χ2v) is 10.6. The fraction of sp³-hybridized carbons (Fsp3) is 0.393. The third kappa shape index (κ3) is 5.60. The molecule has 1 saturated heterocycles. The Morgan fingerprint density at radius 2 is 1.86 bits per heavy atom. The lowest BCUT2D eigenvalue weighted by Crippen LogP contribution is -2.61. The average molecular weight is 514 g/mol. The molecule has 0 spiro atoms. The minimum absolute atomic E-state index is 0.0690. The number of nitrogens with zero attached hydrogens (tertiary/aromatic N) is 2. The summed E-state index contributed by atoms with van der Waals surface area (Å²) in [5, 5.41) is 5.08. The molecule has 1 fully saturated rings. The van der Waals surface area contributed by atoms with Gasteiger partial charge >= 0.3 is 6.18 Å². The molecule has 4 nitrogen and oxygen atoms in total. The third-order valence-corrected chi connectivity index (χ3v) is 8.21. The van der Waals surface area contributed by atoms with Gasteiger partial charge in [-0.1, -0.05) is 36.4 Å². The number of amides is 1. The van der Waals surface area contributed by atoms with Crippen LogP contribution in [0.2, 0.25) is 0 Å². The number of hydrogen-bond acceptors (Lipinski definition) is 4. The summed E-state index contributed by atoms with van der Waals surface area (Å²) >= 11 is 1.65.